The molecule has 12 nitrogen and oxygen atoms in total. The summed E-state index contributed by atoms with van der Waals surface area (Å²) in [6.07, 6.45) is -4.46. The van der Waals surface area contributed by atoms with Crippen LogP contribution in [0.2, 0.25) is 5.28 Å². The highest BCUT2D eigenvalue weighted by Gasteiger charge is 2.46. The lowest BCUT2D eigenvalue weighted by Crippen LogP contribution is -2.35. The number of sulfone groups is 1. The van der Waals surface area contributed by atoms with Crippen LogP contribution >= 0.6 is 19.2 Å². The minimum Gasteiger partial charge on any atom is -0.387 e. The molecule has 202 valence electrons. The van der Waals surface area contributed by atoms with Gasteiger partial charge in [-0.15, -0.1) is 0 Å². The van der Waals surface area contributed by atoms with Crippen LogP contribution in [0.5, 0.6) is 0 Å². The van der Waals surface area contributed by atoms with E-state index >= 15 is 0 Å². The van der Waals surface area contributed by atoms with Crippen molar-refractivity contribution in [2.75, 3.05) is 23.1 Å². The van der Waals surface area contributed by atoms with Crippen LogP contribution in [0.4, 0.5) is 14.6 Å². The van der Waals surface area contributed by atoms with Crippen LogP contribution < -0.4 is 5.32 Å². The molecule has 4 rings (SSSR count). The Balaban J connectivity index is 1.53. The Kier molecular flexibility index (Phi) is 7.89. The van der Waals surface area contributed by atoms with Crippen molar-refractivity contribution in [1.29, 1.82) is 0 Å². The molecule has 4 atom stereocenters. The predicted octanol–water partition coefficient (Wildman–Crippen LogP) is 1.19. The minimum absolute atomic E-state index is 0.158. The molecule has 0 radical (unpaired) electrons. The average molecular weight is 583 g/mol. The van der Waals surface area contributed by atoms with Crippen molar-refractivity contribution >= 4 is 45.9 Å². The Morgan fingerprint density at radius 2 is 1.89 bits per heavy atom. The van der Waals surface area contributed by atoms with Gasteiger partial charge in [-0.25, -0.2) is 22.2 Å². The van der Waals surface area contributed by atoms with E-state index in [0.717, 1.165) is 12.1 Å². The zero-order valence-corrected chi connectivity index (χ0v) is 21.2. The Labute approximate surface area is 214 Å². The summed E-state index contributed by atoms with van der Waals surface area (Å²) in [6.45, 7) is 0.191. The number of hydrogen-bond acceptors (Lipinski definition) is 9. The monoisotopic (exact) mass is 582 g/mol. The van der Waals surface area contributed by atoms with E-state index in [-0.39, 0.29) is 35.3 Å². The summed E-state index contributed by atoms with van der Waals surface area (Å²) in [4.78, 5) is 26.2. The maximum atomic E-state index is 13.9. The van der Waals surface area contributed by atoms with Crippen LogP contribution in [0.3, 0.4) is 0 Å². The smallest absolute Gasteiger partial charge is 0.340 e. The molecule has 17 heteroatoms. The summed E-state index contributed by atoms with van der Waals surface area (Å²) in [6, 6.07) is 4.80. The van der Waals surface area contributed by atoms with Crippen molar-refractivity contribution in [3.8, 4) is 0 Å². The van der Waals surface area contributed by atoms with Gasteiger partial charge in [0.2, 0.25) is 5.28 Å². The fourth-order valence-corrected chi connectivity index (χ4v) is 7.46. The van der Waals surface area contributed by atoms with Gasteiger partial charge < -0.3 is 34.6 Å². The Hall–Kier alpha value is -2.23. The van der Waals surface area contributed by atoms with E-state index in [1.165, 1.54) is 16.8 Å². The fourth-order valence-electron chi connectivity index (χ4n) is 4.04. The van der Waals surface area contributed by atoms with Gasteiger partial charge in [-0.1, -0.05) is 6.07 Å². The number of halogens is 3. The van der Waals surface area contributed by atoms with Gasteiger partial charge >= 0.3 is 7.60 Å². The van der Waals surface area contributed by atoms with Crippen LogP contribution in [-0.2, 0) is 25.6 Å². The summed E-state index contributed by atoms with van der Waals surface area (Å²) in [5.41, 5.74) is -0.996. The van der Waals surface area contributed by atoms with Crippen molar-refractivity contribution in [1.82, 2.24) is 14.5 Å². The van der Waals surface area contributed by atoms with Gasteiger partial charge in [-0.3, -0.25) is 4.57 Å². The number of hydrogen-bond donors (Lipinski definition) is 5. The number of nitrogens with zero attached hydrogens (tertiary/aromatic N) is 3. The molecule has 1 aliphatic rings. The third-order valence-electron chi connectivity index (χ3n) is 5.64. The molecule has 1 aliphatic heterocycles. The second-order valence-corrected chi connectivity index (χ2v) is 13.0. The van der Waals surface area contributed by atoms with Gasteiger partial charge in [-0.2, -0.15) is 4.98 Å². The number of ether oxygens (including phenoxy) is 1. The van der Waals surface area contributed by atoms with E-state index in [1.54, 1.807) is 6.07 Å². The summed E-state index contributed by atoms with van der Waals surface area (Å²) < 4.78 is 69.2. The maximum absolute atomic E-state index is 13.9. The summed E-state index contributed by atoms with van der Waals surface area (Å²) >= 11 is 6.06. The molecular formula is C20H22ClF2N4O8PS. The molecule has 5 N–H and O–H groups in total. The Bertz CT molecular complexity index is 1470. The van der Waals surface area contributed by atoms with Crippen molar-refractivity contribution in [3.63, 3.8) is 0 Å². The number of anilines is 1. The minimum atomic E-state index is -4.89. The van der Waals surface area contributed by atoms with Crippen LogP contribution in [0.1, 0.15) is 11.8 Å². The molecule has 2 aromatic heterocycles. The van der Waals surface area contributed by atoms with Gasteiger partial charge in [0.25, 0.3) is 0 Å². The largest absolute Gasteiger partial charge is 0.387 e. The topological polar surface area (TPSA) is 184 Å². The first-order chi connectivity index (χ1) is 17.2. The third-order valence-corrected chi connectivity index (χ3v) is 9.57. The molecule has 1 fully saturated rings. The molecule has 3 heterocycles. The molecule has 37 heavy (non-hydrogen) atoms. The zero-order chi connectivity index (χ0) is 27.1. The van der Waals surface area contributed by atoms with Crippen molar-refractivity contribution < 1.29 is 46.5 Å². The van der Waals surface area contributed by atoms with Gasteiger partial charge in [0, 0.05) is 18.8 Å². The molecule has 1 aromatic carbocycles. The third kappa shape index (κ3) is 6.44. The second-order valence-electron chi connectivity index (χ2n) is 8.46. The van der Waals surface area contributed by atoms with Crippen LogP contribution in [0.15, 0.2) is 30.5 Å². The molecule has 3 aromatic rings. The number of rotatable bonds is 9. The van der Waals surface area contributed by atoms with Gasteiger partial charge in [0.05, 0.1) is 11.1 Å². The molecule has 0 saturated carbocycles. The number of aliphatic hydroxyl groups is 2. The Morgan fingerprint density at radius 3 is 2.57 bits per heavy atom. The Morgan fingerprint density at radius 1 is 1.16 bits per heavy atom. The number of nitrogens with one attached hydrogen (secondary N) is 1. The maximum Gasteiger partial charge on any atom is 0.340 e. The van der Waals surface area contributed by atoms with E-state index in [9.17, 15) is 32.0 Å². The molecular weight excluding hydrogens is 561 g/mol. The number of aromatic nitrogens is 3. The van der Waals surface area contributed by atoms with Gasteiger partial charge in [0.15, 0.2) is 21.6 Å². The predicted molar refractivity (Wildman–Crippen MR) is 128 cm³/mol. The van der Waals surface area contributed by atoms with Crippen molar-refractivity contribution in [2.45, 2.75) is 31.0 Å². The van der Waals surface area contributed by atoms with Crippen LogP contribution in [0.25, 0.3) is 11.0 Å². The average Bonchev–Trinajstić information content (AvgIpc) is 3.29. The van der Waals surface area contributed by atoms with E-state index in [1.807, 2.05) is 0 Å². The standard InChI is InChI=1S/C20H22ClF2N4O8PS/c21-20-25-17(24-5-3-10-1-2-11(22)7-13(10)23)12-4-6-27(18(12)26-20)19-16(29)15(28)14(35-19)8-37(33,34)9-36(30,31)32/h1-2,4,6-7,14-16,19,28-29H,3,5,8-9H2,(H,24,25,26)(H2,30,31,32)/t14-,15-,16-,19-/m1/s1. The van der Waals surface area contributed by atoms with Crippen molar-refractivity contribution in [2.24, 2.45) is 0 Å². The van der Waals surface area contributed by atoms with Crippen LogP contribution in [-0.4, -0.2) is 79.1 Å². The number of benzene rings is 1. The first-order valence-corrected chi connectivity index (χ1v) is 14.7. The molecule has 0 spiro atoms. The lowest BCUT2D eigenvalue weighted by Gasteiger charge is -2.18. The molecule has 1 saturated heterocycles. The van der Waals surface area contributed by atoms with Crippen molar-refractivity contribution in [3.05, 3.63) is 52.9 Å². The highest BCUT2D eigenvalue weighted by atomic mass is 35.5. The molecule has 0 aliphatic carbocycles. The highest BCUT2D eigenvalue weighted by Crippen LogP contribution is 2.38. The normalized spacial score (nSPS) is 22.6. The molecule has 0 bridgehead atoms. The lowest BCUT2D eigenvalue weighted by atomic mass is 10.1. The quantitative estimate of drug-likeness (QED) is 0.180. The van der Waals surface area contributed by atoms with Gasteiger partial charge in [-0.05, 0) is 35.7 Å². The first kappa shape index (κ1) is 27.8. The zero-order valence-electron chi connectivity index (χ0n) is 18.8. The first-order valence-electron chi connectivity index (χ1n) is 10.7. The molecule has 0 amide bonds. The number of fused-ring (bicyclic) bond motifs is 1. The summed E-state index contributed by atoms with van der Waals surface area (Å²) in [7, 11) is -9.23. The number of aliphatic hydroxyl groups excluding tert-OH is 2. The summed E-state index contributed by atoms with van der Waals surface area (Å²) in [5, 5.41) is 24.1. The lowest BCUT2D eigenvalue weighted by molar-refractivity contribution is -0.0288. The highest BCUT2D eigenvalue weighted by molar-refractivity contribution is 7.97. The van der Waals surface area contributed by atoms with E-state index in [4.69, 9.17) is 26.1 Å². The second kappa shape index (κ2) is 10.5. The summed E-state index contributed by atoms with van der Waals surface area (Å²) in [5.74, 6) is -2.07. The van der Waals surface area contributed by atoms with Crippen LogP contribution in [0, 0.1) is 11.6 Å². The van der Waals surface area contributed by atoms with E-state index in [0.29, 0.717) is 5.39 Å². The van der Waals surface area contributed by atoms with Gasteiger partial charge in [0.1, 0.15) is 41.4 Å². The SMILES string of the molecule is O=P(O)(O)CS(=O)(=O)C[C@H]1O[C@@H](n2ccc3c(NCCc4ccc(F)cc4F)nc(Cl)nc32)[C@H](O)[C@@H]1O. The van der Waals surface area contributed by atoms with E-state index in [2.05, 4.69) is 15.3 Å². The van der Waals surface area contributed by atoms with E-state index < -0.39 is 64.9 Å². The molecule has 0 unspecified atom stereocenters. The fraction of sp³-hybridized carbons (Fsp3) is 0.400.